The molecule has 0 unspecified atom stereocenters. The Hall–Kier alpha value is -2.14. The summed E-state index contributed by atoms with van der Waals surface area (Å²) in [4.78, 5) is 8.64. The van der Waals surface area contributed by atoms with Gasteiger partial charge in [0, 0.05) is 25.4 Å². The number of ether oxygens (including phenoxy) is 1. The maximum Gasteiger partial charge on any atom is 0.139 e. The zero-order chi connectivity index (χ0) is 15.1. The van der Waals surface area contributed by atoms with Crippen LogP contribution in [0.2, 0.25) is 0 Å². The molecule has 0 saturated carbocycles. The standard InChI is InChI=1S/C16H22N4O/c1-4-13-15(17-2)18-11-19-16(13)20-14-8-6-5-7-12(14)9-10-21-3/h5-8,11H,4,9-10H2,1-3H3,(H2,17,18,19,20). The Balaban J connectivity index is 2.30. The molecule has 0 saturated heterocycles. The van der Waals surface area contributed by atoms with Crippen LogP contribution in [0.3, 0.4) is 0 Å². The third-order valence-corrected chi connectivity index (χ3v) is 3.38. The summed E-state index contributed by atoms with van der Waals surface area (Å²) < 4.78 is 5.17. The van der Waals surface area contributed by atoms with Crippen molar-refractivity contribution in [2.24, 2.45) is 0 Å². The Kier molecular flexibility index (Phi) is 5.51. The molecule has 0 bridgehead atoms. The summed E-state index contributed by atoms with van der Waals surface area (Å²) >= 11 is 0. The van der Waals surface area contributed by atoms with E-state index in [4.69, 9.17) is 4.74 Å². The van der Waals surface area contributed by atoms with E-state index in [9.17, 15) is 0 Å². The van der Waals surface area contributed by atoms with Crippen molar-refractivity contribution < 1.29 is 4.74 Å². The lowest BCUT2D eigenvalue weighted by atomic mass is 10.1. The number of rotatable bonds is 7. The number of nitrogens with one attached hydrogen (secondary N) is 2. The number of aromatic nitrogens is 2. The SMILES string of the molecule is CCc1c(NC)ncnc1Nc1ccccc1CCOC. The lowest BCUT2D eigenvalue weighted by molar-refractivity contribution is 0.202. The highest BCUT2D eigenvalue weighted by molar-refractivity contribution is 5.67. The average Bonchev–Trinajstić information content (AvgIpc) is 2.53. The molecular weight excluding hydrogens is 264 g/mol. The van der Waals surface area contributed by atoms with E-state index in [-0.39, 0.29) is 0 Å². The molecule has 0 radical (unpaired) electrons. The number of methoxy groups -OCH3 is 1. The van der Waals surface area contributed by atoms with E-state index in [2.05, 4.69) is 39.7 Å². The Bertz CT molecular complexity index is 586. The zero-order valence-electron chi connectivity index (χ0n) is 12.8. The highest BCUT2D eigenvalue weighted by Gasteiger charge is 2.10. The molecule has 0 atom stereocenters. The van der Waals surface area contributed by atoms with Gasteiger partial charge in [-0.1, -0.05) is 25.1 Å². The molecule has 0 aliphatic carbocycles. The molecule has 5 heteroatoms. The van der Waals surface area contributed by atoms with Gasteiger partial charge in [-0.3, -0.25) is 0 Å². The van der Waals surface area contributed by atoms with Gasteiger partial charge in [0.15, 0.2) is 0 Å². The lowest BCUT2D eigenvalue weighted by Crippen LogP contribution is -2.06. The van der Waals surface area contributed by atoms with Crippen LogP contribution in [-0.4, -0.2) is 30.7 Å². The molecule has 0 aliphatic heterocycles. The van der Waals surface area contributed by atoms with Crippen LogP contribution in [-0.2, 0) is 17.6 Å². The Morgan fingerprint density at radius 2 is 1.90 bits per heavy atom. The fraction of sp³-hybridized carbons (Fsp3) is 0.375. The van der Waals surface area contributed by atoms with Crippen LogP contribution in [0, 0.1) is 0 Å². The van der Waals surface area contributed by atoms with E-state index < -0.39 is 0 Å². The van der Waals surface area contributed by atoms with Crippen LogP contribution < -0.4 is 10.6 Å². The highest BCUT2D eigenvalue weighted by Crippen LogP contribution is 2.25. The van der Waals surface area contributed by atoms with Gasteiger partial charge in [0.25, 0.3) is 0 Å². The minimum atomic E-state index is 0.699. The Labute approximate surface area is 125 Å². The zero-order valence-corrected chi connectivity index (χ0v) is 12.8. The monoisotopic (exact) mass is 286 g/mol. The second kappa shape index (κ2) is 7.59. The molecule has 1 aromatic carbocycles. The molecule has 0 amide bonds. The van der Waals surface area contributed by atoms with Crippen molar-refractivity contribution in [1.82, 2.24) is 9.97 Å². The van der Waals surface area contributed by atoms with Crippen molar-refractivity contribution in [2.45, 2.75) is 19.8 Å². The quantitative estimate of drug-likeness (QED) is 0.819. The molecule has 2 aromatic rings. The van der Waals surface area contributed by atoms with Crippen molar-refractivity contribution in [3.63, 3.8) is 0 Å². The van der Waals surface area contributed by atoms with E-state index in [0.29, 0.717) is 6.61 Å². The van der Waals surface area contributed by atoms with Crippen molar-refractivity contribution in [3.05, 3.63) is 41.7 Å². The molecule has 0 aliphatic rings. The van der Waals surface area contributed by atoms with Gasteiger partial charge in [0.1, 0.15) is 18.0 Å². The summed E-state index contributed by atoms with van der Waals surface area (Å²) in [5, 5.41) is 6.54. The average molecular weight is 286 g/mol. The molecule has 2 N–H and O–H groups in total. The molecule has 0 fully saturated rings. The van der Waals surface area contributed by atoms with Crippen LogP contribution in [0.5, 0.6) is 0 Å². The Morgan fingerprint density at radius 3 is 2.62 bits per heavy atom. The summed E-state index contributed by atoms with van der Waals surface area (Å²) in [6.45, 7) is 2.80. The van der Waals surface area contributed by atoms with Crippen molar-refractivity contribution in [2.75, 3.05) is 31.4 Å². The van der Waals surface area contributed by atoms with E-state index in [1.165, 1.54) is 5.56 Å². The first-order valence-electron chi connectivity index (χ1n) is 7.15. The Morgan fingerprint density at radius 1 is 1.14 bits per heavy atom. The van der Waals surface area contributed by atoms with Gasteiger partial charge < -0.3 is 15.4 Å². The first-order chi connectivity index (χ1) is 10.3. The fourth-order valence-electron chi connectivity index (χ4n) is 2.27. The van der Waals surface area contributed by atoms with Crippen LogP contribution in [0.4, 0.5) is 17.3 Å². The van der Waals surface area contributed by atoms with Gasteiger partial charge in [-0.15, -0.1) is 0 Å². The molecular formula is C16H22N4O. The van der Waals surface area contributed by atoms with Crippen molar-refractivity contribution in [1.29, 1.82) is 0 Å². The van der Waals surface area contributed by atoms with E-state index in [0.717, 1.165) is 35.7 Å². The normalized spacial score (nSPS) is 10.4. The number of benzene rings is 1. The second-order valence-corrected chi connectivity index (χ2v) is 4.68. The number of anilines is 3. The van der Waals surface area contributed by atoms with Crippen molar-refractivity contribution in [3.8, 4) is 0 Å². The van der Waals surface area contributed by atoms with Gasteiger partial charge in [-0.05, 0) is 24.5 Å². The first-order valence-corrected chi connectivity index (χ1v) is 7.15. The third kappa shape index (κ3) is 3.70. The predicted octanol–water partition coefficient (Wildman–Crippen LogP) is 3.01. The van der Waals surface area contributed by atoms with E-state index in [1.54, 1.807) is 13.4 Å². The molecule has 1 aromatic heterocycles. The number of hydrogen-bond acceptors (Lipinski definition) is 5. The van der Waals surface area contributed by atoms with Crippen LogP contribution in [0.1, 0.15) is 18.1 Å². The maximum atomic E-state index is 5.17. The highest BCUT2D eigenvalue weighted by atomic mass is 16.5. The van der Waals surface area contributed by atoms with Gasteiger partial charge in [-0.2, -0.15) is 0 Å². The number of para-hydroxylation sites is 1. The van der Waals surface area contributed by atoms with Crippen LogP contribution in [0.25, 0.3) is 0 Å². The number of hydrogen-bond donors (Lipinski definition) is 2. The van der Waals surface area contributed by atoms with Gasteiger partial charge in [0.05, 0.1) is 6.61 Å². The molecule has 0 spiro atoms. The van der Waals surface area contributed by atoms with Crippen LogP contribution in [0.15, 0.2) is 30.6 Å². The molecule has 21 heavy (non-hydrogen) atoms. The number of nitrogens with zero attached hydrogens (tertiary/aromatic N) is 2. The molecule has 2 rings (SSSR count). The smallest absolute Gasteiger partial charge is 0.139 e. The summed E-state index contributed by atoms with van der Waals surface area (Å²) in [6.07, 6.45) is 3.30. The fourth-order valence-corrected chi connectivity index (χ4v) is 2.27. The van der Waals surface area contributed by atoms with E-state index >= 15 is 0 Å². The van der Waals surface area contributed by atoms with Gasteiger partial charge in [0.2, 0.25) is 0 Å². The predicted molar refractivity (Wildman–Crippen MR) is 86.3 cm³/mol. The first kappa shape index (κ1) is 15.3. The van der Waals surface area contributed by atoms with Gasteiger partial charge in [-0.25, -0.2) is 9.97 Å². The summed E-state index contributed by atoms with van der Waals surface area (Å²) in [6, 6.07) is 8.22. The topological polar surface area (TPSA) is 59.1 Å². The summed E-state index contributed by atoms with van der Waals surface area (Å²) in [5.41, 5.74) is 3.36. The minimum absolute atomic E-state index is 0.699. The van der Waals surface area contributed by atoms with Crippen molar-refractivity contribution >= 4 is 17.3 Å². The van der Waals surface area contributed by atoms with E-state index in [1.807, 2.05) is 19.2 Å². The molecule has 112 valence electrons. The summed E-state index contributed by atoms with van der Waals surface area (Å²) in [5.74, 6) is 1.71. The third-order valence-electron chi connectivity index (χ3n) is 3.38. The van der Waals surface area contributed by atoms with Crippen LogP contribution >= 0.6 is 0 Å². The second-order valence-electron chi connectivity index (χ2n) is 4.68. The molecule has 1 heterocycles. The lowest BCUT2D eigenvalue weighted by Gasteiger charge is -2.15. The minimum Gasteiger partial charge on any atom is -0.384 e. The largest absolute Gasteiger partial charge is 0.384 e. The van der Waals surface area contributed by atoms with Gasteiger partial charge >= 0.3 is 0 Å². The maximum absolute atomic E-state index is 5.17. The summed E-state index contributed by atoms with van der Waals surface area (Å²) in [7, 11) is 3.59. The molecule has 5 nitrogen and oxygen atoms in total.